The van der Waals surface area contributed by atoms with E-state index in [2.05, 4.69) is 4.98 Å². The molecule has 2 aromatic carbocycles. The molecule has 0 bridgehead atoms. The number of aliphatic carboxylic acids is 1. The molecule has 0 saturated heterocycles. The van der Waals surface area contributed by atoms with Crippen LogP contribution in [0, 0.1) is 6.92 Å². The highest BCUT2D eigenvalue weighted by Gasteiger charge is 2.18. The van der Waals surface area contributed by atoms with Gasteiger partial charge in [0.15, 0.2) is 0 Å². The molecule has 0 aliphatic heterocycles. The third kappa shape index (κ3) is 2.52. The number of hydrogen-bond acceptors (Lipinski definition) is 4. The van der Waals surface area contributed by atoms with E-state index in [0.717, 1.165) is 5.56 Å². The molecule has 0 radical (unpaired) electrons. The first-order chi connectivity index (χ1) is 12.6. The van der Waals surface area contributed by atoms with Gasteiger partial charge in [-0.2, -0.15) is 0 Å². The van der Waals surface area contributed by atoms with E-state index in [-0.39, 0.29) is 5.56 Å². The maximum Gasteiger partial charge on any atom is 0.323 e. The largest absolute Gasteiger partial charge is 0.480 e. The summed E-state index contributed by atoms with van der Waals surface area (Å²) in [6.07, 6.45) is 0. The zero-order valence-electron chi connectivity index (χ0n) is 14.0. The van der Waals surface area contributed by atoms with Crippen molar-refractivity contribution < 1.29 is 9.90 Å². The van der Waals surface area contributed by atoms with Crippen molar-refractivity contribution in [2.24, 2.45) is 0 Å². The molecule has 4 rings (SSSR count). The summed E-state index contributed by atoms with van der Waals surface area (Å²) in [5.74, 6) is -0.739. The number of aryl methyl sites for hydroxylation is 1. The van der Waals surface area contributed by atoms with Gasteiger partial charge in [0.1, 0.15) is 17.9 Å². The van der Waals surface area contributed by atoms with Gasteiger partial charge in [-0.05, 0) is 13.0 Å². The summed E-state index contributed by atoms with van der Waals surface area (Å²) in [5, 5.41) is 10.2. The van der Waals surface area contributed by atoms with E-state index in [4.69, 9.17) is 10.1 Å². The Labute approximate surface area is 148 Å². The second-order valence-corrected chi connectivity index (χ2v) is 6.01. The molecule has 0 aliphatic rings. The summed E-state index contributed by atoms with van der Waals surface area (Å²) in [6, 6.07) is 16.9. The van der Waals surface area contributed by atoms with Crippen LogP contribution in [0.2, 0.25) is 0 Å². The van der Waals surface area contributed by atoms with E-state index < -0.39 is 12.5 Å². The van der Waals surface area contributed by atoms with Gasteiger partial charge in [0.2, 0.25) is 0 Å². The third-order valence-corrected chi connectivity index (χ3v) is 4.33. The number of benzene rings is 2. The highest BCUT2D eigenvalue weighted by Crippen LogP contribution is 2.29. The van der Waals surface area contributed by atoms with Crippen LogP contribution < -0.4 is 5.56 Å². The van der Waals surface area contributed by atoms with E-state index in [9.17, 15) is 9.59 Å². The fourth-order valence-electron chi connectivity index (χ4n) is 3.15. The first-order valence-electron chi connectivity index (χ1n) is 8.13. The van der Waals surface area contributed by atoms with Crippen molar-refractivity contribution in [1.29, 1.82) is 0 Å². The summed E-state index contributed by atoms with van der Waals surface area (Å²) in [6.45, 7) is 1.21. The predicted octanol–water partition coefficient (Wildman–Crippen LogP) is 3.00. The average Bonchev–Trinajstić information content (AvgIpc) is 2.64. The van der Waals surface area contributed by atoms with E-state index in [1.807, 2.05) is 54.6 Å². The number of carbonyl (C=O) groups is 1. The van der Waals surface area contributed by atoms with Crippen LogP contribution in [0.4, 0.5) is 0 Å². The van der Waals surface area contributed by atoms with Gasteiger partial charge in [0, 0.05) is 10.9 Å². The molecule has 0 aliphatic carbocycles. The summed E-state index contributed by atoms with van der Waals surface area (Å²) in [5.41, 5.74) is 2.25. The van der Waals surface area contributed by atoms with Gasteiger partial charge in [-0.25, -0.2) is 9.97 Å². The molecule has 6 heteroatoms. The standard InChI is InChI=1S/C20H15N3O3/c1-12-21-19-17(20(26)23(12)11-16(24)25)14-9-5-6-10-15(14)22-18(19)13-7-3-2-4-8-13/h2-10H,11H2,1H3,(H,24,25). The van der Waals surface area contributed by atoms with Crippen molar-refractivity contribution in [3.05, 3.63) is 70.8 Å². The van der Waals surface area contributed by atoms with Gasteiger partial charge < -0.3 is 5.11 Å². The Bertz CT molecular complexity index is 1210. The van der Waals surface area contributed by atoms with Crippen molar-refractivity contribution in [1.82, 2.24) is 14.5 Å². The quantitative estimate of drug-likeness (QED) is 0.577. The Morgan fingerprint density at radius 2 is 1.73 bits per heavy atom. The zero-order valence-corrected chi connectivity index (χ0v) is 14.0. The van der Waals surface area contributed by atoms with Crippen LogP contribution in [0.15, 0.2) is 59.4 Å². The van der Waals surface area contributed by atoms with Gasteiger partial charge in [0.25, 0.3) is 5.56 Å². The number of carboxylic acid groups (broad SMARTS) is 1. The van der Waals surface area contributed by atoms with Gasteiger partial charge >= 0.3 is 5.97 Å². The third-order valence-electron chi connectivity index (χ3n) is 4.33. The molecule has 4 aromatic rings. The first-order valence-corrected chi connectivity index (χ1v) is 8.13. The summed E-state index contributed by atoms with van der Waals surface area (Å²) in [4.78, 5) is 33.5. The van der Waals surface area contributed by atoms with Crippen LogP contribution in [0.5, 0.6) is 0 Å². The van der Waals surface area contributed by atoms with Crippen LogP contribution >= 0.6 is 0 Å². The van der Waals surface area contributed by atoms with Gasteiger partial charge in [0.05, 0.1) is 16.6 Å². The summed E-state index contributed by atoms with van der Waals surface area (Å²) in [7, 11) is 0. The number of pyridine rings is 1. The lowest BCUT2D eigenvalue weighted by Crippen LogP contribution is -2.27. The number of hydrogen-bond donors (Lipinski definition) is 1. The van der Waals surface area contributed by atoms with Gasteiger partial charge in [-0.3, -0.25) is 14.2 Å². The zero-order chi connectivity index (χ0) is 18.3. The Morgan fingerprint density at radius 1 is 1.04 bits per heavy atom. The maximum absolute atomic E-state index is 13.1. The molecule has 26 heavy (non-hydrogen) atoms. The normalized spacial score (nSPS) is 11.1. The first kappa shape index (κ1) is 16.0. The predicted molar refractivity (Wildman–Crippen MR) is 99.1 cm³/mol. The number of fused-ring (bicyclic) bond motifs is 3. The van der Waals surface area contributed by atoms with E-state index in [1.165, 1.54) is 4.57 Å². The molecule has 0 atom stereocenters. The summed E-state index contributed by atoms with van der Waals surface area (Å²) < 4.78 is 1.19. The van der Waals surface area contributed by atoms with E-state index in [0.29, 0.717) is 33.3 Å². The Hall–Kier alpha value is -3.54. The van der Waals surface area contributed by atoms with E-state index >= 15 is 0 Å². The van der Waals surface area contributed by atoms with Crippen molar-refractivity contribution >= 4 is 27.8 Å². The Kier molecular flexibility index (Phi) is 3.73. The lowest BCUT2D eigenvalue weighted by molar-refractivity contribution is -0.137. The maximum atomic E-state index is 13.1. The molecule has 2 heterocycles. The van der Waals surface area contributed by atoms with Crippen LogP contribution in [-0.4, -0.2) is 25.6 Å². The van der Waals surface area contributed by atoms with Crippen LogP contribution in [0.1, 0.15) is 5.82 Å². The van der Waals surface area contributed by atoms with Crippen molar-refractivity contribution in [2.45, 2.75) is 13.5 Å². The smallest absolute Gasteiger partial charge is 0.323 e. The minimum Gasteiger partial charge on any atom is -0.480 e. The van der Waals surface area contributed by atoms with E-state index in [1.54, 1.807) is 6.92 Å². The van der Waals surface area contributed by atoms with Crippen molar-refractivity contribution in [3.8, 4) is 11.3 Å². The van der Waals surface area contributed by atoms with Crippen LogP contribution in [0.25, 0.3) is 33.1 Å². The summed E-state index contributed by atoms with van der Waals surface area (Å²) >= 11 is 0. The van der Waals surface area contributed by atoms with Gasteiger partial charge in [-0.15, -0.1) is 0 Å². The minimum absolute atomic E-state index is 0.346. The van der Waals surface area contributed by atoms with Crippen LogP contribution in [-0.2, 0) is 11.3 Å². The van der Waals surface area contributed by atoms with Crippen LogP contribution in [0.3, 0.4) is 0 Å². The highest BCUT2D eigenvalue weighted by molar-refractivity contribution is 6.08. The monoisotopic (exact) mass is 345 g/mol. The molecule has 1 N–H and O–H groups in total. The highest BCUT2D eigenvalue weighted by atomic mass is 16.4. The number of aromatic nitrogens is 3. The number of para-hydroxylation sites is 1. The molecular formula is C20H15N3O3. The van der Waals surface area contributed by atoms with Crippen molar-refractivity contribution in [2.75, 3.05) is 0 Å². The SMILES string of the molecule is Cc1nc2c(-c3ccccc3)nc3ccccc3c2c(=O)n1CC(=O)O. The second-order valence-electron chi connectivity index (χ2n) is 6.01. The van der Waals surface area contributed by atoms with Gasteiger partial charge in [-0.1, -0.05) is 48.5 Å². The topological polar surface area (TPSA) is 85.1 Å². The molecule has 128 valence electrons. The fourth-order valence-corrected chi connectivity index (χ4v) is 3.15. The molecule has 2 aromatic heterocycles. The Balaban J connectivity index is 2.20. The average molecular weight is 345 g/mol. The number of rotatable bonds is 3. The number of carboxylic acids is 1. The van der Waals surface area contributed by atoms with Crippen molar-refractivity contribution in [3.63, 3.8) is 0 Å². The molecule has 6 nitrogen and oxygen atoms in total. The minimum atomic E-state index is -1.09. The molecule has 0 spiro atoms. The molecule has 0 unspecified atom stereocenters. The molecular weight excluding hydrogens is 330 g/mol. The molecule has 0 saturated carbocycles. The molecule has 0 fully saturated rings. The fraction of sp³-hybridized carbons (Fsp3) is 0.100. The lowest BCUT2D eigenvalue weighted by atomic mass is 10.0. The lowest BCUT2D eigenvalue weighted by Gasteiger charge is -2.13. The number of nitrogens with zero attached hydrogens (tertiary/aromatic N) is 3. The molecule has 0 amide bonds. The second kappa shape index (κ2) is 6.07. The Morgan fingerprint density at radius 3 is 2.46 bits per heavy atom.